The van der Waals surface area contributed by atoms with Gasteiger partial charge >= 0.3 is 0 Å². The minimum absolute atomic E-state index is 0.0420. The highest BCUT2D eigenvalue weighted by molar-refractivity contribution is 7.98. The van der Waals surface area contributed by atoms with E-state index >= 15 is 0 Å². The van der Waals surface area contributed by atoms with Gasteiger partial charge in [0.2, 0.25) is 0 Å². The van der Waals surface area contributed by atoms with Crippen LogP contribution in [0.1, 0.15) is 10.4 Å². The van der Waals surface area contributed by atoms with E-state index in [1.807, 2.05) is 12.3 Å². The van der Waals surface area contributed by atoms with Gasteiger partial charge in [0, 0.05) is 11.8 Å². The molecule has 0 aliphatic carbocycles. The van der Waals surface area contributed by atoms with Crippen molar-refractivity contribution in [1.82, 2.24) is 4.98 Å². The highest BCUT2D eigenvalue weighted by Crippen LogP contribution is 2.10. The molecule has 0 fully saturated rings. The van der Waals surface area contributed by atoms with Crippen LogP contribution in [-0.2, 0) is 0 Å². The summed E-state index contributed by atoms with van der Waals surface area (Å²) in [5, 5.41) is 0.906. The standard InChI is InChI=1S/C8H10N2OS/c1-12-8-3-2-6(5-10-8)7(11)4-9/h2-3,5H,4,9H2,1H3. The van der Waals surface area contributed by atoms with Gasteiger partial charge < -0.3 is 5.73 Å². The van der Waals surface area contributed by atoms with Crippen LogP contribution >= 0.6 is 11.8 Å². The Labute approximate surface area is 75.4 Å². The molecule has 2 N–H and O–H groups in total. The summed E-state index contributed by atoms with van der Waals surface area (Å²) >= 11 is 1.54. The molecular formula is C8H10N2OS. The second kappa shape index (κ2) is 4.23. The van der Waals surface area contributed by atoms with Crippen LogP contribution < -0.4 is 5.73 Å². The van der Waals surface area contributed by atoms with Crippen molar-refractivity contribution < 1.29 is 4.79 Å². The molecule has 1 aromatic rings. The van der Waals surface area contributed by atoms with Crippen molar-refractivity contribution in [2.45, 2.75) is 5.03 Å². The summed E-state index contributed by atoms with van der Waals surface area (Å²) in [4.78, 5) is 15.1. The molecule has 0 spiro atoms. The number of ketones is 1. The van der Waals surface area contributed by atoms with Crippen LogP contribution in [0.2, 0.25) is 0 Å². The van der Waals surface area contributed by atoms with Gasteiger partial charge in [0.25, 0.3) is 0 Å². The Morgan fingerprint density at radius 3 is 2.83 bits per heavy atom. The lowest BCUT2D eigenvalue weighted by Gasteiger charge is -1.97. The van der Waals surface area contributed by atoms with Crippen molar-refractivity contribution in [2.24, 2.45) is 5.73 Å². The quantitative estimate of drug-likeness (QED) is 0.558. The summed E-state index contributed by atoms with van der Waals surface area (Å²) in [5.74, 6) is -0.0739. The Kier molecular flexibility index (Phi) is 3.25. The van der Waals surface area contributed by atoms with Gasteiger partial charge in [0.15, 0.2) is 5.78 Å². The number of nitrogens with zero attached hydrogens (tertiary/aromatic N) is 1. The third-order valence-corrected chi connectivity index (χ3v) is 2.11. The maximum absolute atomic E-state index is 11.0. The minimum atomic E-state index is -0.0739. The van der Waals surface area contributed by atoms with E-state index < -0.39 is 0 Å². The largest absolute Gasteiger partial charge is 0.324 e. The molecule has 1 aromatic heterocycles. The van der Waals surface area contributed by atoms with Crippen LogP contribution in [0, 0.1) is 0 Å². The fourth-order valence-corrected chi connectivity index (χ4v) is 1.15. The van der Waals surface area contributed by atoms with Crippen LogP contribution in [-0.4, -0.2) is 23.6 Å². The molecule has 3 nitrogen and oxygen atoms in total. The molecule has 1 rings (SSSR count). The zero-order chi connectivity index (χ0) is 8.97. The lowest BCUT2D eigenvalue weighted by atomic mass is 10.2. The van der Waals surface area contributed by atoms with Gasteiger partial charge in [-0.2, -0.15) is 0 Å². The van der Waals surface area contributed by atoms with Gasteiger partial charge in [0.05, 0.1) is 11.6 Å². The van der Waals surface area contributed by atoms with Crippen LogP contribution in [0.15, 0.2) is 23.4 Å². The van der Waals surface area contributed by atoms with E-state index in [1.54, 1.807) is 24.0 Å². The SMILES string of the molecule is CSc1ccc(C(=O)CN)cn1. The fraction of sp³-hybridized carbons (Fsp3) is 0.250. The number of hydrogen-bond acceptors (Lipinski definition) is 4. The molecule has 0 saturated heterocycles. The summed E-state index contributed by atoms with van der Waals surface area (Å²) in [6.07, 6.45) is 3.49. The Hall–Kier alpha value is -0.870. The number of nitrogens with two attached hydrogens (primary N) is 1. The summed E-state index contributed by atoms with van der Waals surface area (Å²) in [5.41, 5.74) is 5.77. The molecule has 0 atom stereocenters. The Balaban J connectivity index is 2.84. The van der Waals surface area contributed by atoms with Gasteiger partial charge in [-0.3, -0.25) is 4.79 Å². The molecule has 1 heterocycles. The van der Waals surface area contributed by atoms with Crippen molar-refractivity contribution in [3.05, 3.63) is 23.9 Å². The maximum atomic E-state index is 11.0. The lowest BCUT2D eigenvalue weighted by Crippen LogP contribution is -2.13. The molecule has 0 aliphatic rings. The second-order valence-electron chi connectivity index (χ2n) is 2.22. The molecule has 0 bridgehead atoms. The Morgan fingerprint density at radius 2 is 2.42 bits per heavy atom. The minimum Gasteiger partial charge on any atom is -0.324 e. The van der Waals surface area contributed by atoms with Gasteiger partial charge in [-0.15, -0.1) is 11.8 Å². The van der Waals surface area contributed by atoms with E-state index in [9.17, 15) is 4.79 Å². The third-order valence-electron chi connectivity index (χ3n) is 1.45. The van der Waals surface area contributed by atoms with Crippen molar-refractivity contribution in [1.29, 1.82) is 0 Å². The van der Waals surface area contributed by atoms with Crippen LogP contribution in [0.3, 0.4) is 0 Å². The number of thioether (sulfide) groups is 1. The fourth-order valence-electron chi connectivity index (χ4n) is 0.784. The molecular weight excluding hydrogens is 172 g/mol. The highest BCUT2D eigenvalue weighted by Gasteiger charge is 2.02. The summed E-state index contributed by atoms with van der Waals surface area (Å²) < 4.78 is 0. The first-order valence-electron chi connectivity index (χ1n) is 3.51. The molecule has 0 unspecified atom stereocenters. The average Bonchev–Trinajstić information content (AvgIpc) is 2.17. The zero-order valence-electron chi connectivity index (χ0n) is 6.78. The Morgan fingerprint density at radius 1 is 1.67 bits per heavy atom. The molecule has 0 radical (unpaired) electrons. The highest BCUT2D eigenvalue weighted by atomic mass is 32.2. The van der Waals surface area contributed by atoms with Crippen molar-refractivity contribution >= 4 is 17.5 Å². The number of rotatable bonds is 3. The van der Waals surface area contributed by atoms with E-state index in [0.29, 0.717) is 5.56 Å². The smallest absolute Gasteiger partial charge is 0.177 e. The molecule has 64 valence electrons. The van der Waals surface area contributed by atoms with Crippen molar-refractivity contribution in [3.8, 4) is 0 Å². The Bertz CT molecular complexity index is 271. The van der Waals surface area contributed by atoms with E-state index in [2.05, 4.69) is 4.98 Å². The van der Waals surface area contributed by atoms with Gasteiger partial charge in [-0.25, -0.2) is 4.98 Å². The molecule has 0 aromatic carbocycles. The molecule has 0 amide bonds. The predicted octanol–water partition coefficient (Wildman–Crippen LogP) is 0.945. The predicted molar refractivity (Wildman–Crippen MR) is 49.4 cm³/mol. The van der Waals surface area contributed by atoms with E-state index in [0.717, 1.165) is 5.03 Å². The lowest BCUT2D eigenvalue weighted by molar-refractivity contribution is 0.100. The van der Waals surface area contributed by atoms with E-state index in [1.165, 1.54) is 0 Å². The second-order valence-corrected chi connectivity index (χ2v) is 3.04. The van der Waals surface area contributed by atoms with Gasteiger partial charge in [-0.1, -0.05) is 0 Å². The number of pyridine rings is 1. The summed E-state index contributed by atoms with van der Waals surface area (Å²) in [6, 6.07) is 3.56. The maximum Gasteiger partial charge on any atom is 0.177 e. The van der Waals surface area contributed by atoms with Gasteiger partial charge in [-0.05, 0) is 18.4 Å². The topological polar surface area (TPSA) is 56.0 Å². The third kappa shape index (κ3) is 2.06. The molecule has 12 heavy (non-hydrogen) atoms. The van der Waals surface area contributed by atoms with Crippen LogP contribution in [0.4, 0.5) is 0 Å². The first kappa shape index (κ1) is 9.22. The summed E-state index contributed by atoms with van der Waals surface area (Å²) in [7, 11) is 0. The number of Topliss-reactive ketones (excluding diaryl/α,β-unsaturated/α-hetero) is 1. The average molecular weight is 182 g/mol. The zero-order valence-corrected chi connectivity index (χ0v) is 7.60. The normalized spacial score (nSPS) is 9.83. The number of hydrogen-bond donors (Lipinski definition) is 1. The van der Waals surface area contributed by atoms with Crippen LogP contribution in [0.5, 0.6) is 0 Å². The summed E-state index contributed by atoms with van der Waals surface area (Å²) in [6.45, 7) is 0.0420. The number of carbonyl (C=O) groups excluding carboxylic acids is 1. The van der Waals surface area contributed by atoms with E-state index in [4.69, 9.17) is 5.73 Å². The first-order chi connectivity index (χ1) is 5.77. The monoisotopic (exact) mass is 182 g/mol. The molecule has 0 saturated carbocycles. The first-order valence-corrected chi connectivity index (χ1v) is 4.73. The van der Waals surface area contributed by atoms with Crippen LogP contribution in [0.25, 0.3) is 0 Å². The number of carbonyl (C=O) groups is 1. The van der Waals surface area contributed by atoms with E-state index in [-0.39, 0.29) is 12.3 Å². The molecule has 0 aliphatic heterocycles. The van der Waals surface area contributed by atoms with Crippen molar-refractivity contribution in [2.75, 3.05) is 12.8 Å². The number of aromatic nitrogens is 1. The van der Waals surface area contributed by atoms with Crippen molar-refractivity contribution in [3.63, 3.8) is 0 Å². The molecule has 4 heteroatoms. The van der Waals surface area contributed by atoms with Gasteiger partial charge in [0.1, 0.15) is 0 Å².